The molecule has 0 atom stereocenters. The molecular formula is C26H18. The highest BCUT2D eigenvalue weighted by Crippen LogP contribution is 2.36. The molecule has 0 saturated carbocycles. The fourth-order valence-electron chi connectivity index (χ4n) is 4.06. The van der Waals surface area contributed by atoms with E-state index in [1.54, 1.807) is 0 Å². The topological polar surface area (TPSA) is 0 Å². The third-order valence-corrected chi connectivity index (χ3v) is 5.37. The van der Waals surface area contributed by atoms with Crippen molar-refractivity contribution in [3.05, 3.63) is 83.9 Å². The van der Waals surface area contributed by atoms with Crippen LogP contribution in [0, 0.1) is 18.8 Å². The second-order valence-corrected chi connectivity index (χ2v) is 6.86. The lowest BCUT2D eigenvalue weighted by molar-refractivity contribution is 1.59. The molecule has 0 spiro atoms. The maximum Gasteiger partial charge on any atom is 0.0402 e. The van der Waals surface area contributed by atoms with E-state index in [2.05, 4.69) is 91.6 Å². The van der Waals surface area contributed by atoms with Gasteiger partial charge in [-0.05, 0) is 86.8 Å². The standard InChI is InChI=1S/C26H18/c1-3-8-22-25-15-20-11-6-4-9-18(20)13-23(25)17(2)24-14-19-10-5-7-12-21(19)16-26(22)24/h4-7,9-16H,1-2H3. The van der Waals surface area contributed by atoms with E-state index in [4.69, 9.17) is 0 Å². The largest absolute Gasteiger partial charge is 0.101 e. The van der Waals surface area contributed by atoms with Crippen LogP contribution in [0.25, 0.3) is 43.1 Å². The lowest BCUT2D eigenvalue weighted by Crippen LogP contribution is -1.90. The zero-order chi connectivity index (χ0) is 17.7. The number of hydrogen-bond acceptors (Lipinski definition) is 0. The summed E-state index contributed by atoms with van der Waals surface area (Å²) in [6.07, 6.45) is 0. The molecule has 0 aliphatic heterocycles. The van der Waals surface area contributed by atoms with Crippen LogP contribution < -0.4 is 0 Å². The Morgan fingerprint density at radius 1 is 0.577 bits per heavy atom. The molecule has 0 heteroatoms. The van der Waals surface area contributed by atoms with Crippen molar-refractivity contribution in [3.63, 3.8) is 0 Å². The Morgan fingerprint density at radius 2 is 0.962 bits per heavy atom. The molecule has 0 fully saturated rings. The van der Waals surface area contributed by atoms with Crippen molar-refractivity contribution in [2.75, 3.05) is 0 Å². The second kappa shape index (κ2) is 5.61. The van der Waals surface area contributed by atoms with Gasteiger partial charge >= 0.3 is 0 Å². The van der Waals surface area contributed by atoms with Crippen LogP contribution in [0.3, 0.4) is 0 Å². The molecule has 122 valence electrons. The molecule has 0 aliphatic carbocycles. The number of hydrogen-bond donors (Lipinski definition) is 0. The predicted octanol–water partition coefficient (Wildman–Crippen LogP) is 6.98. The first-order chi connectivity index (χ1) is 12.8. The van der Waals surface area contributed by atoms with Crippen molar-refractivity contribution >= 4 is 43.1 Å². The Bertz CT molecular complexity index is 1300. The van der Waals surface area contributed by atoms with Gasteiger partial charge in [0.15, 0.2) is 0 Å². The van der Waals surface area contributed by atoms with Crippen LogP contribution in [0.5, 0.6) is 0 Å². The summed E-state index contributed by atoms with van der Waals surface area (Å²) >= 11 is 0. The van der Waals surface area contributed by atoms with Crippen LogP contribution >= 0.6 is 0 Å². The molecule has 0 nitrogen and oxygen atoms in total. The van der Waals surface area contributed by atoms with Crippen LogP contribution in [0.15, 0.2) is 72.8 Å². The Labute approximate surface area is 153 Å². The van der Waals surface area contributed by atoms with Gasteiger partial charge in [-0.15, -0.1) is 5.92 Å². The van der Waals surface area contributed by atoms with Gasteiger partial charge in [0.2, 0.25) is 0 Å². The summed E-state index contributed by atoms with van der Waals surface area (Å²) in [5, 5.41) is 10.2. The van der Waals surface area contributed by atoms with Crippen molar-refractivity contribution in [2.45, 2.75) is 13.8 Å². The van der Waals surface area contributed by atoms with Gasteiger partial charge < -0.3 is 0 Å². The van der Waals surface area contributed by atoms with Crippen molar-refractivity contribution in [1.82, 2.24) is 0 Å². The van der Waals surface area contributed by atoms with Crippen LogP contribution in [0.1, 0.15) is 18.1 Å². The molecule has 0 unspecified atom stereocenters. The fourth-order valence-corrected chi connectivity index (χ4v) is 4.06. The summed E-state index contributed by atoms with van der Waals surface area (Å²) in [7, 11) is 0. The first-order valence-electron chi connectivity index (χ1n) is 8.96. The normalized spacial score (nSPS) is 11.2. The molecule has 0 amide bonds. The van der Waals surface area contributed by atoms with Gasteiger partial charge in [-0.3, -0.25) is 0 Å². The zero-order valence-electron chi connectivity index (χ0n) is 14.9. The van der Waals surface area contributed by atoms with E-state index in [0.717, 1.165) is 5.56 Å². The molecule has 0 N–H and O–H groups in total. The van der Waals surface area contributed by atoms with E-state index in [1.807, 2.05) is 6.92 Å². The van der Waals surface area contributed by atoms with E-state index in [9.17, 15) is 0 Å². The zero-order valence-corrected chi connectivity index (χ0v) is 14.9. The lowest BCUT2D eigenvalue weighted by Gasteiger charge is -2.14. The van der Waals surface area contributed by atoms with Gasteiger partial charge in [0, 0.05) is 5.56 Å². The van der Waals surface area contributed by atoms with Crippen LogP contribution in [0.2, 0.25) is 0 Å². The van der Waals surface area contributed by atoms with E-state index < -0.39 is 0 Å². The smallest absolute Gasteiger partial charge is 0.0402 e. The van der Waals surface area contributed by atoms with Gasteiger partial charge in [0.1, 0.15) is 0 Å². The molecule has 0 heterocycles. The number of rotatable bonds is 0. The van der Waals surface area contributed by atoms with Gasteiger partial charge in [-0.2, -0.15) is 0 Å². The minimum absolute atomic E-state index is 1.14. The summed E-state index contributed by atoms with van der Waals surface area (Å²) in [5.41, 5.74) is 2.47. The van der Waals surface area contributed by atoms with Crippen LogP contribution in [0.4, 0.5) is 0 Å². The van der Waals surface area contributed by atoms with Gasteiger partial charge in [0.05, 0.1) is 0 Å². The summed E-state index contributed by atoms with van der Waals surface area (Å²) in [6, 6.07) is 26.4. The Kier molecular flexibility index (Phi) is 3.24. The number of fused-ring (bicyclic) bond motifs is 4. The average molecular weight is 330 g/mol. The monoisotopic (exact) mass is 330 g/mol. The first kappa shape index (κ1) is 15.0. The highest BCUT2D eigenvalue weighted by Gasteiger charge is 2.12. The minimum atomic E-state index is 1.14. The Hall–Kier alpha value is -3.30. The maximum absolute atomic E-state index is 3.40. The van der Waals surface area contributed by atoms with Crippen molar-refractivity contribution in [2.24, 2.45) is 0 Å². The summed E-state index contributed by atoms with van der Waals surface area (Å²) in [4.78, 5) is 0. The van der Waals surface area contributed by atoms with Crippen LogP contribution in [-0.2, 0) is 0 Å². The van der Waals surface area contributed by atoms with Crippen molar-refractivity contribution in [3.8, 4) is 11.8 Å². The van der Waals surface area contributed by atoms with E-state index in [-0.39, 0.29) is 0 Å². The molecule has 26 heavy (non-hydrogen) atoms. The number of benzene rings is 5. The van der Waals surface area contributed by atoms with Gasteiger partial charge in [0.25, 0.3) is 0 Å². The predicted molar refractivity (Wildman–Crippen MR) is 114 cm³/mol. The third kappa shape index (κ3) is 2.11. The van der Waals surface area contributed by atoms with Gasteiger partial charge in [-0.1, -0.05) is 54.5 Å². The molecule has 0 aliphatic rings. The molecule has 5 rings (SSSR count). The summed E-state index contributed by atoms with van der Waals surface area (Å²) < 4.78 is 0. The van der Waals surface area contributed by atoms with Crippen LogP contribution in [-0.4, -0.2) is 0 Å². The molecule has 0 bridgehead atoms. The van der Waals surface area contributed by atoms with E-state index in [0.29, 0.717) is 0 Å². The fraction of sp³-hybridized carbons (Fsp3) is 0.0769. The Morgan fingerprint density at radius 3 is 1.35 bits per heavy atom. The number of aryl methyl sites for hydroxylation is 1. The molecule has 5 aromatic rings. The highest BCUT2D eigenvalue weighted by atomic mass is 14.1. The minimum Gasteiger partial charge on any atom is -0.101 e. The quantitative estimate of drug-likeness (QED) is 0.212. The maximum atomic E-state index is 3.40. The molecule has 5 aromatic carbocycles. The summed E-state index contributed by atoms with van der Waals surface area (Å²) in [6.45, 7) is 4.15. The summed E-state index contributed by atoms with van der Waals surface area (Å²) in [5.74, 6) is 6.53. The SMILES string of the molecule is CC#Cc1c2cc3ccccc3cc2c(C)c2cc3ccccc3cc12. The van der Waals surface area contributed by atoms with Crippen molar-refractivity contribution in [1.29, 1.82) is 0 Å². The third-order valence-electron chi connectivity index (χ3n) is 5.37. The van der Waals surface area contributed by atoms with E-state index in [1.165, 1.54) is 48.7 Å². The molecular weight excluding hydrogens is 312 g/mol. The first-order valence-corrected chi connectivity index (χ1v) is 8.96. The van der Waals surface area contributed by atoms with E-state index >= 15 is 0 Å². The van der Waals surface area contributed by atoms with Gasteiger partial charge in [-0.25, -0.2) is 0 Å². The Balaban J connectivity index is 2.08. The lowest BCUT2D eigenvalue weighted by atomic mass is 9.89. The molecule has 0 aromatic heterocycles. The molecule has 0 saturated heterocycles. The second-order valence-electron chi connectivity index (χ2n) is 6.86. The highest BCUT2D eigenvalue weighted by molar-refractivity contribution is 6.14. The van der Waals surface area contributed by atoms with Crippen molar-refractivity contribution < 1.29 is 0 Å². The average Bonchev–Trinajstić information content (AvgIpc) is 2.69. The molecule has 0 radical (unpaired) electrons.